The second kappa shape index (κ2) is 8.36. The van der Waals surface area contributed by atoms with Crippen LogP contribution in [-0.4, -0.2) is 24.7 Å². The Bertz CT molecular complexity index is 1330. The van der Waals surface area contributed by atoms with E-state index in [1.54, 1.807) is 55.6 Å². The van der Waals surface area contributed by atoms with E-state index in [-0.39, 0.29) is 11.3 Å². The number of amides is 1. The van der Waals surface area contributed by atoms with Crippen LogP contribution in [-0.2, 0) is 7.05 Å². The summed E-state index contributed by atoms with van der Waals surface area (Å²) in [5, 5.41) is 3.51. The third kappa shape index (κ3) is 3.64. The van der Waals surface area contributed by atoms with Crippen LogP contribution >= 0.6 is 0 Å². The summed E-state index contributed by atoms with van der Waals surface area (Å²) in [6.07, 6.45) is 0. The summed E-state index contributed by atoms with van der Waals surface area (Å²) in [6.45, 7) is 0. The first-order valence-corrected chi connectivity index (χ1v) is 9.75. The molecule has 4 aromatic rings. The first-order chi connectivity index (χ1) is 15.0. The number of fused-ring (bicyclic) bond motifs is 1. The van der Waals surface area contributed by atoms with Crippen molar-refractivity contribution in [1.29, 1.82) is 0 Å². The molecule has 0 aliphatic carbocycles. The maximum Gasteiger partial charge on any atom is 0.256 e. The normalized spacial score (nSPS) is 10.7. The number of carbonyl (C=O) groups is 1. The molecule has 6 heteroatoms. The van der Waals surface area contributed by atoms with Crippen LogP contribution in [0.1, 0.15) is 10.4 Å². The molecule has 1 amide bonds. The first-order valence-electron chi connectivity index (χ1n) is 9.75. The molecule has 1 heterocycles. The van der Waals surface area contributed by atoms with Crippen molar-refractivity contribution in [3.8, 4) is 22.6 Å². The van der Waals surface area contributed by atoms with Gasteiger partial charge >= 0.3 is 0 Å². The number of anilines is 1. The lowest BCUT2D eigenvalue weighted by atomic mass is 10.0. The molecule has 0 atom stereocenters. The van der Waals surface area contributed by atoms with Crippen LogP contribution in [0.2, 0.25) is 0 Å². The zero-order valence-corrected chi connectivity index (χ0v) is 17.5. The van der Waals surface area contributed by atoms with Gasteiger partial charge in [0.25, 0.3) is 5.91 Å². The van der Waals surface area contributed by atoms with Crippen molar-refractivity contribution >= 4 is 22.6 Å². The summed E-state index contributed by atoms with van der Waals surface area (Å²) in [5.41, 5.74) is 2.05. The molecule has 1 N–H and O–H groups in total. The fourth-order valence-corrected chi connectivity index (χ4v) is 3.66. The molecule has 156 valence electrons. The monoisotopic (exact) mass is 414 g/mol. The van der Waals surface area contributed by atoms with Crippen molar-refractivity contribution in [2.45, 2.75) is 0 Å². The van der Waals surface area contributed by atoms with Gasteiger partial charge in [0.2, 0.25) is 0 Å². The van der Waals surface area contributed by atoms with E-state index in [1.165, 1.54) is 7.11 Å². The Balaban J connectivity index is 1.97. The number of ether oxygens (including phenoxy) is 2. The quantitative estimate of drug-likeness (QED) is 0.523. The fraction of sp³-hybridized carbons (Fsp3) is 0.120. The zero-order valence-electron chi connectivity index (χ0n) is 17.5. The van der Waals surface area contributed by atoms with E-state index in [9.17, 15) is 9.59 Å². The number of para-hydroxylation sites is 1. The molecule has 0 spiro atoms. The van der Waals surface area contributed by atoms with Crippen molar-refractivity contribution in [3.63, 3.8) is 0 Å². The van der Waals surface area contributed by atoms with E-state index in [1.807, 2.05) is 35.9 Å². The van der Waals surface area contributed by atoms with Crippen LogP contribution < -0.4 is 20.2 Å². The number of pyridine rings is 1. The van der Waals surface area contributed by atoms with Gasteiger partial charge in [-0.2, -0.15) is 0 Å². The Kier molecular flexibility index (Phi) is 5.45. The van der Waals surface area contributed by atoms with Gasteiger partial charge in [0.05, 0.1) is 25.3 Å². The topological polar surface area (TPSA) is 69.6 Å². The van der Waals surface area contributed by atoms with Crippen molar-refractivity contribution in [2.75, 3.05) is 19.5 Å². The summed E-state index contributed by atoms with van der Waals surface area (Å²) in [7, 11) is 4.92. The summed E-state index contributed by atoms with van der Waals surface area (Å²) in [5.74, 6) is 1.16. The predicted octanol–water partition coefficient (Wildman–Crippen LogP) is 4.48. The predicted molar refractivity (Wildman–Crippen MR) is 122 cm³/mol. The van der Waals surface area contributed by atoms with Gasteiger partial charge in [-0.3, -0.25) is 9.59 Å². The van der Waals surface area contributed by atoms with Crippen LogP contribution in [0, 0.1) is 0 Å². The van der Waals surface area contributed by atoms with Crippen LogP contribution in [0.5, 0.6) is 11.5 Å². The fourth-order valence-electron chi connectivity index (χ4n) is 3.66. The molecule has 6 nitrogen and oxygen atoms in total. The highest BCUT2D eigenvalue weighted by molar-refractivity contribution is 6.06. The number of aryl methyl sites for hydroxylation is 1. The highest BCUT2D eigenvalue weighted by Crippen LogP contribution is 2.35. The second-order valence-corrected chi connectivity index (χ2v) is 7.02. The van der Waals surface area contributed by atoms with Crippen molar-refractivity contribution < 1.29 is 14.3 Å². The van der Waals surface area contributed by atoms with E-state index in [4.69, 9.17) is 9.47 Å². The third-order valence-corrected chi connectivity index (χ3v) is 5.25. The lowest BCUT2D eigenvalue weighted by Crippen LogP contribution is -2.21. The molecule has 31 heavy (non-hydrogen) atoms. The summed E-state index contributed by atoms with van der Waals surface area (Å²) < 4.78 is 12.6. The Labute approximate surface area is 179 Å². The van der Waals surface area contributed by atoms with Crippen molar-refractivity contribution in [3.05, 3.63) is 88.6 Å². The molecule has 3 aromatic carbocycles. The standard InChI is InChI=1S/C25H22N2O4/c1-27-19-12-8-7-11-18(19)23(28)22(17-13-14-20(30-2)21(15-17)31-3)24(27)26-25(29)16-9-5-4-6-10-16/h4-15H,1-3H3,(H,26,29). The molecule has 0 radical (unpaired) electrons. The molecule has 0 fully saturated rings. The second-order valence-electron chi connectivity index (χ2n) is 7.02. The van der Waals surface area contributed by atoms with Gasteiger partial charge < -0.3 is 19.4 Å². The average Bonchev–Trinajstić information content (AvgIpc) is 2.82. The molecule has 0 saturated heterocycles. The van der Waals surface area contributed by atoms with Gasteiger partial charge in [-0.05, 0) is 42.0 Å². The number of methoxy groups -OCH3 is 2. The molecule has 0 bridgehead atoms. The van der Waals surface area contributed by atoms with Gasteiger partial charge in [-0.15, -0.1) is 0 Å². The maximum absolute atomic E-state index is 13.5. The Morgan fingerprint density at radius 3 is 2.26 bits per heavy atom. The van der Waals surface area contributed by atoms with E-state index in [0.717, 1.165) is 5.52 Å². The lowest BCUT2D eigenvalue weighted by molar-refractivity contribution is 0.102. The minimum atomic E-state index is -0.299. The van der Waals surface area contributed by atoms with E-state index in [2.05, 4.69) is 5.32 Å². The molecule has 0 unspecified atom stereocenters. The molecular weight excluding hydrogens is 392 g/mol. The van der Waals surface area contributed by atoms with Crippen LogP contribution in [0.3, 0.4) is 0 Å². The number of benzene rings is 3. The highest BCUT2D eigenvalue weighted by Gasteiger charge is 2.20. The molecule has 0 aliphatic heterocycles. The number of hydrogen-bond donors (Lipinski definition) is 1. The van der Waals surface area contributed by atoms with Crippen LogP contribution in [0.4, 0.5) is 5.82 Å². The van der Waals surface area contributed by atoms with E-state index < -0.39 is 0 Å². The van der Waals surface area contributed by atoms with Crippen molar-refractivity contribution in [1.82, 2.24) is 4.57 Å². The number of nitrogens with one attached hydrogen (secondary N) is 1. The van der Waals surface area contributed by atoms with Gasteiger partial charge in [0.15, 0.2) is 16.9 Å². The molecular formula is C25H22N2O4. The first kappa shape index (κ1) is 20.2. The largest absolute Gasteiger partial charge is 0.493 e. The van der Waals surface area contributed by atoms with Gasteiger partial charge in [-0.1, -0.05) is 36.4 Å². The van der Waals surface area contributed by atoms with Gasteiger partial charge in [-0.25, -0.2) is 0 Å². The average molecular weight is 414 g/mol. The van der Waals surface area contributed by atoms with E-state index >= 15 is 0 Å². The Morgan fingerprint density at radius 1 is 0.871 bits per heavy atom. The lowest BCUT2D eigenvalue weighted by Gasteiger charge is -2.19. The number of aromatic nitrogens is 1. The third-order valence-electron chi connectivity index (χ3n) is 5.25. The van der Waals surface area contributed by atoms with Crippen molar-refractivity contribution in [2.24, 2.45) is 7.05 Å². The number of carbonyl (C=O) groups excluding carboxylic acids is 1. The summed E-state index contributed by atoms with van der Waals surface area (Å²) in [4.78, 5) is 26.5. The molecule has 0 aliphatic rings. The minimum Gasteiger partial charge on any atom is -0.493 e. The summed E-state index contributed by atoms with van der Waals surface area (Å²) in [6, 6.07) is 21.5. The summed E-state index contributed by atoms with van der Waals surface area (Å²) >= 11 is 0. The molecule has 0 saturated carbocycles. The Morgan fingerprint density at radius 2 is 1.55 bits per heavy atom. The van der Waals surface area contributed by atoms with E-state index in [0.29, 0.717) is 39.4 Å². The number of rotatable bonds is 5. The maximum atomic E-state index is 13.5. The highest BCUT2D eigenvalue weighted by atomic mass is 16.5. The smallest absolute Gasteiger partial charge is 0.256 e. The SMILES string of the molecule is COc1ccc(-c2c(NC(=O)c3ccccc3)n(C)c3ccccc3c2=O)cc1OC. The van der Waals surface area contributed by atoms with Crippen LogP contribution in [0.15, 0.2) is 77.6 Å². The zero-order chi connectivity index (χ0) is 22.0. The van der Waals surface area contributed by atoms with Crippen LogP contribution in [0.25, 0.3) is 22.0 Å². The number of hydrogen-bond acceptors (Lipinski definition) is 4. The molecule has 4 rings (SSSR count). The number of nitrogens with zero attached hydrogens (tertiary/aromatic N) is 1. The van der Waals surface area contributed by atoms with Gasteiger partial charge in [0.1, 0.15) is 5.82 Å². The minimum absolute atomic E-state index is 0.177. The van der Waals surface area contributed by atoms with Gasteiger partial charge in [0, 0.05) is 18.0 Å². The molecule has 1 aromatic heterocycles. The Hall–Kier alpha value is -4.06.